The summed E-state index contributed by atoms with van der Waals surface area (Å²) >= 11 is 0. The Labute approximate surface area is 109 Å². The van der Waals surface area contributed by atoms with Crippen molar-refractivity contribution in [1.29, 1.82) is 0 Å². The first kappa shape index (κ1) is 13.2. The maximum atomic E-state index is 13.6. The predicted molar refractivity (Wildman–Crippen MR) is 72.6 cm³/mol. The van der Waals surface area contributed by atoms with E-state index in [2.05, 4.69) is 12.2 Å². The first-order valence-electron chi connectivity index (χ1n) is 6.83. The number of benzene rings is 1. The molecular formula is C15H22FNO. The molecule has 3 heteroatoms. The summed E-state index contributed by atoms with van der Waals surface area (Å²) in [5, 5.41) is 3.42. The van der Waals surface area contributed by atoms with Gasteiger partial charge in [-0.3, -0.25) is 0 Å². The van der Waals surface area contributed by atoms with Gasteiger partial charge < -0.3 is 10.1 Å². The van der Waals surface area contributed by atoms with Gasteiger partial charge in [0, 0.05) is 17.8 Å². The van der Waals surface area contributed by atoms with Crippen LogP contribution in [0, 0.1) is 11.7 Å². The third-order valence-corrected chi connectivity index (χ3v) is 3.95. The summed E-state index contributed by atoms with van der Waals surface area (Å²) in [6, 6.07) is 5.56. The molecule has 0 bridgehead atoms. The SMILES string of the molecule is CCC1CCC(Nc2ccc(OC)c(F)c2)CC1. The fourth-order valence-electron chi connectivity index (χ4n) is 2.71. The summed E-state index contributed by atoms with van der Waals surface area (Å²) in [5.41, 5.74) is 0.855. The van der Waals surface area contributed by atoms with Crippen molar-refractivity contribution in [2.24, 2.45) is 5.92 Å². The molecule has 1 aliphatic rings. The average Bonchev–Trinajstić information content (AvgIpc) is 2.40. The van der Waals surface area contributed by atoms with Crippen LogP contribution in [-0.2, 0) is 0 Å². The molecule has 1 aromatic rings. The molecule has 0 saturated heterocycles. The van der Waals surface area contributed by atoms with E-state index < -0.39 is 0 Å². The molecular weight excluding hydrogens is 229 g/mol. The minimum absolute atomic E-state index is 0.301. The number of methoxy groups -OCH3 is 1. The zero-order valence-corrected chi connectivity index (χ0v) is 11.2. The lowest BCUT2D eigenvalue weighted by atomic mass is 9.84. The van der Waals surface area contributed by atoms with Crippen LogP contribution < -0.4 is 10.1 Å². The molecule has 2 nitrogen and oxygen atoms in total. The van der Waals surface area contributed by atoms with Crippen molar-refractivity contribution in [3.8, 4) is 5.75 Å². The highest BCUT2D eigenvalue weighted by atomic mass is 19.1. The summed E-state index contributed by atoms with van der Waals surface area (Å²) in [5.74, 6) is 0.885. The molecule has 1 N–H and O–H groups in total. The van der Waals surface area contributed by atoms with E-state index in [0.29, 0.717) is 11.8 Å². The van der Waals surface area contributed by atoms with E-state index >= 15 is 0 Å². The van der Waals surface area contributed by atoms with Crippen molar-refractivity contribution in [3.63, 3.8) is 0 Å². The van der Waals surface area contributed by atoms with Gasteiger partial charge in [0.05, 0.1) is 7.11 Å². The lowest BCUT2D eigenvalue weighted by molar-refractivity contribution is 0.330. The summed E-state index contributed by atoms with van der Waals surface area (Å²) in [6.45, 7) is 2.26. The quantitative estimate of drug-likeness (QED) is 0.865. The lowest BCUT2D eigenvalue weighted by Crippen LogP contribution is -2.25. The minimum atomic E-state index is -0.301. The Bertz CT molecular complexity index is 386. The van der Waals surface area contributed by atoms with Crippen LogP contribution in [0.5, 0.6) is 5.75 Å². The molecule has 0 aromatic heterocycles. The topological polar surface area (TPSA) is 21.3 Å². The van der Waals surface area contributed by atoms with Gasteiger partial charge in [0.25, 0.3) is 0 Å². The molecule has 0 spiro atoms. The van der Waals surface area contributed by atoms with Crippen LogP contribution in [0.1, 0.15) is 39.0 Å². The first-order chi connectivity index (χ1) is 8.72. The fraction of sp³-hybridized carbons (Fsp3) is 0.600. The van der Waals surface area contributed by atoms with Crippen molar-refractivity contribution in [2.75, 3.05) is 12.4 Å². The Balaban J connectivity index is 1.92. The summed E-state index contributed by atoms with van der Waals surface area (Å²) in [6.07, 6.45) is 6.22. The maximum absolute atomic E-state index is 13.6. The molecule has 0 unspecified atom stereocenters. The molecule has 0 radical (unpaired) electrons. The van der Waals surface area contributed by atoms with Gasteiger partial charge in [-0.25, -0.2) is 4.39 Å². The monoisotopic (exact) mass is 251 g/mol. The van der Waals surface area contributed by atoms with Crippen LogP contribution in [0.4, 0.5) is 10.1 Å². The maximum Gasteiger partial charge on any atom is 0.167 e. The Kier molecular flexibility index (Phi) is 4.45. The number of nitrogens with one attached hydrogen (secondary N) is 1. The molecule has 100 valence electrons. The standard InChI is InChI=1S/C15H22FNO/c1-3-11-4-6-12(7-5-11)17-13-8-9-15(18-2)14(16)10-13/h8-12,17H,3-7H2,1-2H3. The van der Waals surface area contributed by atoms with Crippen molar-refractivity contribution in [2.45, 2.75) is 45.1 Å². The van der Waals surface area contributed by atoms with E-state index in [1.54, 1.807) is 6.07 Å². The van der Waals surface area contributed by atoms with Gasteiger partial charge in [0.15, 0.2) is 11.6 Å². The number of hydrogen-bond donors (Lipinski definition) is 1. The number of anilines is 1. The van der Waals surface area contributed by atoms with Gasteiger partial charge >= 0.3 is 0 Å². The Morgan fingerprint density at radius 1 is 1.28 bits per heavy atom. The second-order valence-corrected chi connectivity index (χ2v) is 5.12. The van der Waals surface area contributed by atoms with Crippen LogP contribution in [-0.4, -0.2) is 13.2 Å². The van der Waals surface area contributed by atoms with E-state index in [1.165, 1.54) is 45.3 Å². The van der Waals surface area contributed by atoms with Crippen molar-refractivity contribution in [1.82, 2.24) is 0 Å². The summed E-state index contributed by atoms with van der Waals surface area (Å²) in [4.78, 5) is 0. The molecule has 1 aliphatic carbocycles. The number of hydrogen-bond acceptors (Lipinski definition) is 2. The number of ether oxygens (including phenoxy) is 1. The largest absolute Gasteiger partial charge is 0.494 e. The third-order valence-electron chi connectivity index (χ3n) is 3.95. The average molecular weight is 251 g/mol. The Morgan fingerprint density at radius 2 is 2.00 bits per heavy atom. The molecule has 1 saturated carbocycles. The summed E-state index contributed by atoms with van der Waals surface area (Å²) in [7, 11) is 1.48. The molecule has 0 aliphatic heterocycles. The predicted octanol–water partition coefficient (Wildman–Crippen LogP) is 4.22. The van der Waals surface area contributed by atoms with Gasteiger partial charge in [-0.1, -0.05) is 13.3 Å². The highest BCUT2D eigenvalue weighted by molar-refractivity contribution is 5.48. The molecule has 2 rings (SSSR count). The van der Waals surface area contributed by atoms with E-state index in [-0.39, 0.29) is 5.82 Å². The lowest BCUT2D eigenvalue weighted by Gasteiger charge is -2.29. The highest BCUT2D eigenvalue weighted by Crippen LogP contribution is 2.29. The minimum Gasteiger partial charge on any atom is -0.494 e. The van der Waals surface area contributed by atoms with Crippen LogP contribution in [0.3, 0.4) is 0 Å². The van der Waals surface area contributed by atoms with E-state index in [4.69, 9.17) is 4.74 Å². The number of rotatable bonds is 4. The van der Waals surface area contributed by atoms with Gasteiger partial charge in [-0.05, 0) is 43.7 Å². The molecule has 1 aromatic carbocycles. The second-order valence-electron chi connectivity index (χ2n) is 5.12. The molecule has 0 atom stereocenters. The highest BCUT2D eigenvalue weighted by Gasteiger charge is 2.19. The van der Waals surface area contributed by atoms with Crippen molar-refractivity contribution < 1.29 is 9.13 Å². The molecule has 0 amide bonds. The second kappa shape index (κ2) is 6.07. The van der Waals surface area contributed by atoms with Crippen LogP contribution in [0.15, 0.2) is 18.2 Å². The van der Waals surface area contributed by atoms with Gasteiger partial charge in [-0.2, -0.15) is 0 Å². The van der Waals surface area contributed by atoms with Gasteiger partial charge in [0.2, 0.25) is 0 Å². The smallest absolute Gasteiger partial charge is 0.167 e. The zero-order chi connectivity index (χ0) is 13.0. The summed E-state index contributed by atoms with van der Waals surface area (Å²) < 4.78 is 18.5. The number of halogens is 1. The van der Waals surface area contributed by atoms with Gasteiger partial charge in [-0.15, -0.1) is 0 Å². The van der Waals surface area contributed by atoms with E-state index in [0.717, 1.165) is 11.6 Å². The van der Waals surface area contributed by atoms with Crippen LogP contribution in [0.2, 0.25) is 0 Å². The van der Waals surface area contributed by atoms with Crippen LogP contribution in [0.25, 0.3) is 0 Å². The molecule has 0 heterocycles. The Hall–Kier alpha value is -1.25. The van der Waals surface area contributed by atoms with Gasteiger partial charge in [0.1, 0.15) is 0 Å². The van der Waals surface area contributed by atoms with Crippen LogP contribution >= 0.6 is 0 Å². The third kappa shape index (κ3) is 3.15. The first-order valence-corrected chi connectivity index (χ1v) is 6.83. The molecule has 18 heavy (non-hydrogen) atoms. The zero-order valence-electron chi connectivity index (χ0n) is 11.2. The normalized spacial score (nSPS) is 23.7. The Morgan fingerprint density at radius 3 is 2.56 bits per heavy atom. The van der Waals surface area contributed by atoms with E-state index in [9.17, 15) is 4.39 Å². The fourth-order valence-corrected chi connectivity index (χ4v) is 2.71. The van der Waals surface area contributed by atoms with Crippen molar-refractivity contribution >= 4 is 5.69 Å². The van der Waals surface area contributed by atoms with Crippen molar-refractivity contribution in [3.05, 3.63) is 24.0 Å². The van der Waals surface area contributed by atoms with E-state index in [1.807, 2.05) is 6.07 Å². The molecule has 1 fully saturated rings.